The van der Waals surface area contributed by atoms with Crippen molar-refractivity contribution in [2.75, 3.05) is 18.1 Å². The number of aryl methyl sites for hydroxylation is 1. The molecule has 0 saturated carbocycles. The normalized spacial score (nSPS) is 12.1. The van der Waals surface area contributed by atoms with E-state index < -0.39 is 9.84 Å². The molecule has 0 aliphatic carbocycles. The second kappa shape index (κ2) is 7.04. The topological polar surface area (TPSA) is 64.0 Å². The maximum absolute atomic E-state index is 11.7. The van der Waals surface area contributed by atoms with E-state index in [0.717, 1.165) is 30.5 Å². The Kier molecular flexibility index (Phi) is 5.36. The molecule has 0 amide bonds. The molecule has 0 aliphatic heterocycles. The first-order valence-electron chi connectivity index (χ1n) is 7.41. The molecule has 0 aromatic carbocycles. The zero-order chi connectivity index (χ0) is 15.3. The zero-order valence-corrected chi connectivity index (χ0v) is 13.5. The van der Waals surface area contributed by atoms with Crippen molar-refractivity contribution < 1.29 is 8.42 Å². The maximum Gasteiger partial charge on any atom is 0.151 e. The summed E-state index contributed by atoms with van der Waals surface area (Å²) in [5.74, 6) is 0.343. The predicted octanol–water partition coefficient (Wildman–Crippen LogP) is 1.97. The number of hydrogen-bond donors (Lipinski definition) is 1. The lowest BCUT2D eigenvalue weighted by atomic mass is 10.2. The third-order valence-corrected chi connectivity index (χ3v) is 5.23. The zero-order valence-electron chi connectivity index (χ0n) is 12.7. The van der Waals surface area contributed by atoms with E-state index in [9.17, 15) is 8.42 Å². The van der Waals surface area contributed by atoms with Gasteiger partial charge in [-0.2, -0.15) is 0 Å². The van der Waals surface area contributed by atoms with Crippen LogP contribution in [0.15, 0.2) is 24.5 Å². The van der Waals surface area contributed by atoms with E-state index in [4.69, 9.17) is 0 Å². The highest BCUT2D eigenvalue weighted by Crippen LogP contribution is 2.19. The number of rotatable bonds is 8. The van der Waals surface area contributed by atoms with Crippen LogP contribution in [-0.2, 0) is 22.9 Å². The van der Waals surface area contributed by atoms with Gasteiger partial charge in [0.1, 0.15) is 5.65 Å². The molecule has 6 heteroatoms. The number of fused-ring (bicyclic) bond motifs is 1. The summed E-state index contributed by atoms with van der Waals surface area (Å²) < 4.78 is 25.3. The number of nitrogens with one attached hydrogen (secondary N) is 1. The Morgan fingerprint density at radius 2 is 2.14 bits per heavy atom. The predicted molar refractivity (Wildman–Crippen MR) is 86.1 cm³/mol. The van der Waals surface area contributed by atoms with Crippen LogP contribution in [0.5, 0.6) is 0 Å². The van der Waals surface area contributed by atoms with Crippen LogP contribution in [0.2, 0.25) is 0 Å². The Balaban J connectivity index is 2.23. The largest absolute Gasteiger partial charge is 0.331 e. The molecule has 0 spiro atoms. The van der Waals surface area contributed by atoms with Crippen molar-refractivity contribution in [1.82, 2.24) is 14.9 Å². The van der Waals surface area contributed by atoms with Gasteiger partial charge in [-0.1, -0.05) is 13.8 Å². The quantitative estimate of drug-likeness (QED) is 0.757. The van der Waals surface area contributed by atoms with Crippen LogP contribution in [-0.4, -0.2) is 36.0 Å². The lowest BCUT2D eigenvalue weighted by Gasteiger charge is -2.04. The van der Waals surface area contributed by atoms with E-state index >= 15 is 0 Å². The molecule has 0 saturated heterocycles. The lowest BCUT2D eigenvalue weighted by molar-refractivity contribution is 0.591. The molecule has 0 unspecified atom stereocenters. The highest BCUT2D eigenvalue weighted by molar-refractivity contribution is 7.91. The minimum atomic E-state index is -2.96. The average molecular weight is 309 g/mol. The fourth-order valence-corrected chi connectivity index (χ4v) is 3.05. The molecule has 0 aliphatic rings. The standard InChI is InChI=1S/C15H23N3O2S/c1-3-7-16-11-13-12-18(9-10-21(19,20)4-2)15-14(13)6-5-8-17-15/h5-6,8,12,16H,3-4,7,9-11H2,1-2H3. The molecule has 2 aromatic heterocycles. The summed E-state index contributed by atoms with van der Waals surface area (Å²) in [4.78, 5) is 4.40. The molecule has 116 valence electrons. The molecule has 0 fully saturated rings. The van der Waals surface area contributed by atoms with E-state index in [1.165, 1.54) is 5.56 Å². The minimum absolute atomic E-state index is 0.158. The van der Waals surface area contributed by atoms with Gasteiger partial charge < -0.3 is 9.88 Å². The van der Waals surface area contributed by atoms with Gasteiger partial charge in [0.25, 0.3) is 0 Å². The van der Waals surface area contributed by atoms with Crippen LogP contribution >= 0.6 is 0 Å². The number of pyridine rings is 1. The first-order valence-corrected chi connectivity index (χ1v) is 9.23. The second-order valence-corrected chi connectivity index (χ2v) is 7.61. The maximum atomic E-state index is 11.7. The number of sulfone groups is 1. The fraction of sp³-hybridized carbons (Fsp3) is 0.533. The summed E-state index contributed by atoms with van der Waals surface area (Å²) in [5.41, 5.74) is 2.03. The van der Waals surface area contributed by atoms with Gasteiger partial charge in [-0.15, -0.1) is 0 Å². The molecule has 2 aromatic rings. The highest BCUT2D eigenvalue weighted by atomic mass is 32.2. The van der Waals surface area contributed by atoms with E-state index in [-0.39, 0.29) is 11.5 Å². The first kappa shape index (κ1) is 16.0. The Bertz CT molecular complexity index is 692. The van der Waals surface area contributed by atoms with Crippen molar-refractivity contribution in [3.63, 3.8) is 0 Å². The van der Waals surface area contributed by atoms with Gasteiger partial charge in [0.2, 0.25) is 0 Å². The molecule has 2 heterocycles. The van der Waals surface area contributed by atoms with Crippen LogP contribution in [0.1, 0.15) is 25.8 Å². The molecule has 1 N–H and O–H groups in total. The van der Waals surface area contributed by atoms with Crippen molar-refractivity contribution in [3.05, 3.63) is 30.1 Å². The minimum Gasteiger partial charge on any atom is -0.331 e. The van der Waals surface area contributed by atoms with E-state index in [1.54, 1.807) is 13.1 Å². The molecule has 0 bridgehead atoms. The van der Waals surface area contributed by atoms with Crippen LogP contribution in [0.3, 0.4) is 0 Å². The molecule has 0 atom stereocenters. The number of hydrogen-bond acceptors (Lipinski definition) is 4. The van der Waals surface area contributed by atoms with Gasteiger partial charge in [-0.05, 0) is 30.7 Å². The summed E-state index contributed by atoms with van der Waals surface area (Å²) in [6.07, 6.45) is 4.85. The second-order valence-electron chi connectivity index (χ2n) is 5.14. The smallest absolute Gasteiger partial charge is 0.151 e. The Morgan fingerprint density at radius 1 is 1.33 bits per heavy atom. The highest BCUT2D eigenvalue weighted by Gasteiger charge is 2.12. The SMILES string of the molecule is CCCNCc1cn(CCS(=O)(=O)CC)c2ncccc12. The van der Waals surface area contributed by atoms with Crippen LogP contribution in [0, 0.1) is 0 Å². The van der Waals surface area contributed by atoms with E-state index in [1.807, 2.05) is 22.9 Å². The van der Waals surface area contributed by atoms with Gasteiger partial charge >= 0.3 is 0 Å². The molecule has 21 heavy (non-hydrogen) atoms. The van der Waals surface area contributed by atoms with Crippen LogP contribution in [0.25, 0.3) is 11.0 Å². The number of nitrogens with zero attached hydrogens (tertiary/aromatic N) is 2. The van der Waals surface area contributed by atoms with Crippen molar-refractivity contribution in [1.29, 1.82) is 0 Å². The molecular weight excluding hydrogens is 286 g/mol. The third-order valence-electron chi connectivity index (χ3n) is 3.54. The monoisotopic (exact) mass is 309 g/mol. The van der Waals surface area contributed by atoms with E-state index in [2.05, 4.69) is 17.2 Å². The summed E-state index contributed by atoms with van der Waals surface area (Å²) in [6.45, 7) is 6.02. The first-order chi connectivity index (χ1) is 10.1. The average Bonchev–Trinajstić information content (AvgIpc) is 2.84. The summed E-state index contributed by atoms with van der Waals surface area (Å²) in [7, 11) is -2.96. The van der Waals surface area contributed by atoms with Crippen molar-refractivity contribution >= 4 is 20.9 Å². The molecular formula is C15H23N3O2S. The Hall–Kier alpha value is -1.40. The molecule has 5 nitrogen and oxygen atoms in total. The Morgan fingerprint density at radius 3 is 2.86 bits per heavy atom. The van der Waals surface area contributed by atoms with Crippen LogP contribution < -0.4 is 5.32 Å². The van der Waals surface area contributed by atoms with Gasteiger partial charge in [0.15, 0.2) is 9.84 Å². The summed E-state index contributed by atoms with van der Waals surface area (Å²) in [5, 5.41) is 4.47. The fourth-order valence-electron chi connectivity index (χ4n) is 2.29. The Labute approximate surface area is 126 Å². The van der Waals surface area contributed by atoms with E-state index in [0.29, 0.717) is 6.54 Å². The number of aromatic nitrogens is 2. The molecule has 0 radical (unpaired) electrons. The van der Waals surface area contributed by atoms with Crippen molar-refractivity contribution in [2.24, 2.45) is 0 Å². The van der Waals surface area contributed by atoms with Gasteiger partial charge in [-0.3, -0.25) is 0 Å². The van der Waals surface area contributed by atoms with Gasteiger partial charge in [0.05, 0.1) is 5.75 Å². The lowest BCUT2D eigenvalue weighted by Crippen LogP contribution is -2.15. The van der Waals surface area contributed by atoms with Crippen LogP contribution in [0.4, 0.5) is 0 Å². The van der Waals surface area contributed by atoms with Crippen molar-refractivity contribution in [3.8, 4) is 0 Å². The third kappa shape index (κ3) is 4.04. The van der Waals surface area contributed by atoms with Gasteiger partial charge in [-0.25, -0.2) is 13.4 Å². The van der Waals surface area contributed by atoms with Crippen molar-refractivity contribution in [2.45, 2.75) is 33.4 Å². The summed E-state index contributed by atoms with van der Waals surface area (Å²) >= 11 is 0. The molecule has 2 rings (SSSR count). The van der Waals surface area contributed by atoms with Gasteiger partial charge in [0, 0.05) is 36.6 Å². The summed E-state index contributed by atoms with van der Waals surface area (Å²) in [6, 6.07) is 3.95.